The van der Waals surface area contributed by atoms with Crippen molar-refractivity contribution in [3.8, 4) is 0 Å². The Bertz CT molecular complexity index is 967. The van der Waals surface area contributed by atoms with Crippen molar-refractivity contribution in [3.05, 3.63) is 82.4 Å². The van der Waals surface area contributed by atoms with Crippen molar-refractivity contribution >= 4 is 23.2 Å². The molecule has 27 heavy (non-hydrogen) atoms. The molecule has 1 aliphatic rings. The monoisotopic (exact) mass is 384 g/mol. The molecular formula is C20H18ClFN4O. The fourth-order valence-electron chi connectivity index (χ4n) is 3.08. The van der Waals surface area contributed by atoms with Gasteiger partial charge in [-0.05, 0) is 60.0 Å². The SMILES string of the molecule is OCCCc1nc2n(n1)C(c1ccc(Cl)cc1)C=C(c1ccc(F)cc1)N2. The predicted octanol–water partition coefficient (Wildman–Crippen LogP) is 4.05. The second kappa shape index (κ2) is 7.50. The topological polar surface area (TPSA) is 63.0 Å². The zero-order chi connectivity index (χ0) is 18.8. The van der Waals surface area contributed by atoms with Gasteiger partial charge >= 0.3 is 0 Å². The fraction of sp³-hybridized carbons (Fsp3) is 0.200. The van der Waals surface area contributed by atoms with Gasteiger partial charge in [0.15, 0.2) is 5.82 Å². The predicted molar refractivity (Wildman–Crippen MR) is 103 cm³/mol. The largest absolute Gasteiger partial charge is 0.396 e. The Kier molecular flexibility index (Phi) is 4.92. The highest BCUT2D eigenvalue weighted by Gasteiger charge is 2.25. The lowest BCUT2D eigenvalue weighted by Gasteiger charge is -2.24. The van der Waals surface area contributed by atoms with Crippen molar-refractivity contribution in [3.63, 3.8) is 0 Å². The molecule has 0 saturated carbocycles. The molecule has 0 bridgehead atoms. The van der Waals surface area contributed by atoms with Crippen LogP contribution in [-0.2, 0) is 6.42 Å². The van der Waals surface area contributed by atoms with E-state index in [1.807, 2.05) is 35.0 Å². The molecule has 0 spiro atoms. The van der Waals surface area contributed by atoms with Gasteiger partial charge in [-0.3, -0.25) is 0 Å². The third-order valence-electron chi connectivity index (χ3n) is 4.43. The second-order valence-corrected chi connectivity index (χ2v) is 6.77. The maximum absolute atomic E-state index is 13.3. The molecule has 0 fully saturated rings. The summed E-state index contributed by atoms with van der Waals surface area (Å²) >= 11 is 6.03. The third-order valence-corrected chi connectivity index (χ3v) is 4.69. The second-order valence-electron chi connectivity index (χ2n) is 6.33. The van der Waals surface area contributed by atoms with Crippen LogP contribution in [-0.4, -0.2) is 26.5 Å². The van der Waals surface area contributed by atoms with Crippen molar-refractivity contribution < 1.29 is 9.50 Å². The summed E-state index contributed by atoms with van der Waals surface area (Å²) in [6.07, 6.45) is 3.23. The van der Waals surface area contributed by atoms with E-state index in [1.165, 1.54) is 12.1 Å². The van der Waals surface area contributed by atoms with Crippen molar-refractivity contribution in [2.24, 2.45) is 0 Å². The van der Waals surface area contributed by atoms with Crippen molar-refractivity contribution in [2.75, 3.05) is 11.9 Å². The number of hydrogen-bond donors (Lipinski definition) is 2. The smallest absolute Gasteiger partial charge is 0.226 e. The minimum atomic E-state index is -0.279. The molecule has 4 rings (SSSR count). The van der Waals surface area contributed by atoms with Crippen LogP contribution in [0.3, 0.4) is 0 Å². The molecule has 0 amide bonds. The molecule has 0 radical (unpaired) electrons. The highest BCUT2D eigenvalue weighted by Crippen LogP contribution is 2.33. The van der Waals surface area contributed by atoms with Crippen LogP contribution in [0.5, 0.6) is 0 Å². The number of fused-ring (bicyclic) bond motifs is 1. The quantitative estimate of drug-likeness (QED) is 0.696. The Morgan fingerprint density at radius 3 is 2.56 bits per heavy atom. The number of nitrogens with one attached hydrogen (secondary N) is 1. The molecule has 138 valence electrons. The van der Waals surface area contributed by atoms with Gasteiger partial charge in [-0.25, -0.2) is 9.07 Å². The number of allylic oxidation sites excluding steroid dienone is 1. The number of aliphatic hydroxyl groups is 1. The van der Waals surface area contributed by atoms with Crippen LogP contribution in [0.2, 0.25) is 5.02 Å². The molecular weight excluding hydrogens is 367 g/mol. The van der Waals surface area contributed by atoms with Crippen LogP contribution in [0.4, 0.5) is 10.3 Å². The number of benzene rings is 2. The van der Waals surface area contributed by atoms with E-state index in [0.29, 0.717) is 29.6 Å². The summed E-state index contributed by atoms with van der Waals surface area (Å²) in [4.78, 5) is 4.56. The first-order chi connectivity index (χ1) is 13.1. The zero-order valence-corrected chi connectivity index (χ0v) is 15.2. The Balaban J connectivity index is 1.76. The van der Waals surface area contributed by atoms with Crippen molar-refractivity contribution in [1.29, 1.82) is 0 Å². The highest BCUT2D eigenvalue weighted by molar-refractivity contribution is 6.30. The summed E-state index contributed by atoms with van der Waals surface area (Å²) in [5.41, 5.74) is 2.71. The number of halogens is 2. The van der Waals surface area contributed by atoms with Gasteiger partial charge < -0.3 is 10.4 Å². The number of aliphatic hydroxyl groups excluding tert-OH is 1. The molecule has 2 aromatic carbocycles. The molecule has 2 N–H and O–H groups in total. The number of nitrogens with zero attached hydrogens (tertiary/aromatic N) is 3. The standard InChI is InChI=1S/C20H18ClFN4O/c21-15-7-3-14(4-8-15)18-12-17(13-5-9-16(22)10-6-13)23-20-24-19(2-1-11-27)25-26(18)20/h3-10,12,18,27H,1-2,11H2,(H,23,24,25). The molecule has 1 aliphatic heterocycles. The molecule has 7 heteroatoms. The lowest BCUT2D eigenvalue weighted by molar-refractivity contribution is 0.287. The normalized spacial score (nSPS) is 15.8. The number of aromatic nitrogens is 3. The van der Waals surface area contributed by atoms with Crippen LogP contribution in [0.25, 0.3) is 5.70 Å². The summed E-state index contributed by atoms with van der Waals surface area (Å²) in [5.74, 6) is 1.00. The lowest BCUT2D eigenvalue weighted by Crippen LogP contribution is -2.20. The number of hydrogen-bond acceptors (Lipinski definition) is 4. The van der Waals surface area contributed by atoms with Gasteiger partial charge in [0.2, 0.25) is 5.95 Å². The van der Waals surface area contributed by atoms with E-state index in [-0.39, 0.29) is 18.5 Å². The average molecular weight is 385 g/mol. The van der Waals surface area contributed by atoms with E-state index < -0.39 is 0 Å². The number of rotatable bonds is 5. The summed E-state index contributed by atoms with van der Waals surface area (Å²) < 4.78 is 15.1. The summed E-state index contributed by atoms with van der Waals surface area (Å²) in [6.45, 7) is 0.0942. The number of anilines is 1. The first-order valence-electron chi connectivity index (χ1n) is 8.70. The van der Waals surface area contributed by atoms with E-state index in [4.69, 9.17) is 16.7 Å². The van der Waals surface area contributed by atoms with Crippen LogP contribution in [0, 0.1) is 5.82 Å². The van der Waals surface area contributed by atoms with Gasteiger partial charge in [-0.2, -0.15) is 10.1 Å². The van der Waals surface area contributed by atoms with Gasteiger partial charge in [-0.15, -0.1) is 0 Å². The molecule has 0 saturated heterocycles. The minimum absolute atomic E-state index is 0.0942. The number of aryl methyl sites for hydroxylation is 1. The Labute approximate surface area is 161 Å². The van der Waals surface area contributed by atoms with Crippen LogP contribution >= 0.6 is 11.6 Å². The van der Waals surface area contributed by atoms with Gasteiger partial charge in [0.1, 0.15) is 11.9 Å². The maximum Gasteiger partial charge on any atom is 0.226 e. The van der Waals surface area contributed by atoms with E-state index in [0.717, 1.165) is 16.8 Å². The molecule has 1 unspecified atom stereocenters. The Morgan fingerprint density at radius 2 is 1.85 bits per heavy atom. The van der Waals surface area contributed by atoms with E-state index in [1.54, 1.807) is 12.1 Å². The van der Waals surface area contributed by atoms with Gasteiger partial charge in [0, 0.05) is 23.7 Å². The molecule has 5 nitrogen and oxygen atoms in total. The van der Waals surface area contributed by atoms with E-state index in [2.05, 4.69) is 15.4 Å². The first kappa shape index (κ1) is 17.7. The maximum atomic E-state index is 13.3. The Hall–Kier alpha value is -2.70. The van der Waals surface area contributed by atoms with E-state index in [9.17, 15) is 4.39 Å². The zero-order valence-electron chi connectivity index (χ0n) is 14.4. The fourth-order valence-corrected chi connectivity index (χ4v) is 3.20. The van der Waals surface area contributed by atoms with Crippen molar-refractivity contribution in [2.45, 2.75) is 18.9 Å². The summed E-state index contributed by atoms with van der Waals surface area (Å²) in [7, 11) is 0. The molecule has 0 aliphatic carbocycles. The molecule has 2 heterocycles. The van der Waals surface area contributed by atoms with Crippen molar-refractivity contribution in [1.82, 2.24) is 14.8 Å². The molecule has 1 aromatic heterocycles. The molecule has 1 atom stereocenters. The van der Waals surface area contributed by atoms with Gasteiger partial charge in [0.25, 0.3) is 0 Å². The van der Waals surface area contributed by atoms with Crippen LogP contribution < -0.4 is 5.32 Å². The summed E-state index contributed by atoms with van der Waals surface area (Å²) in [5, 5.41) is 17.6. The van der Waals surface area contributed by atoms with E-state index >= 15 is 0 Å². The van der Waals surface area contributed by atoms with Crippen LogP contribution in [0.15, 0.2) is 54.6 Å². The van der Waals surface area contributed by atoms with Gasteiger partial charge in [0.05, 0.1) is 0 Å². The lowest BCUT2D eigenvalue weighted by atomic mass is 10.0. The van der Waals surface area contributed by atoms with Gasteiger partial charge in [-0.1, -0.05) is 23.7 Å². The first-order valence-corrected chi connectivity index (χ1v) is 9.08. The third kappa shape index (κ3) is 3.72. The molecule has 3 aromatic rings. The average Bonchev–Trinajstić information content (AvgIpc) is 3.10. The van der Waals surface area contributed by atoms with Crippen LogP contribution in [0.1, 0.15) is 29.4 Å². The summed E-state index contributed by atoms with van der Waals surface area (Å²) in [6, 6.07) is 13.7. The minimum Gasteiger partial charge on any atom is -0.396 e. The highest BCUT2D eigenvalue weighted by atomic mass is 35.5. The Morgan fingerprint density at radius 1 is 1.11 bits per heavy atom.